The van der Waals surface area contributed by atoms with Crippen LogP contribution in [0.15, 0.2) is 61.7 Å². The average molecular weight is 331 g/mol. The normalized spacial score (nSPS) is 12.6. The van der Waals surface area contributed by atoms with Gasteiger partial charge in [0.15, 0.2) is 0 Å². The Kier molecular flexibility index (Phi) is 6.58. The third-order valence-corrected chi connectivity index (χ3v) is 3.80. The van der Waals surface area contributed by atoms with E-state index in [2.05, 4.69) is 48.4 Å². The summed E-state index contributed by atoms with van der Waals surface area (Å²) in [6.07, 6.45) is 11.4. The molecule has 0 fully saturated rings. The SMILES string of the molecule is C=C/C(C)=c1/cncc/c1=C/C(C)C.Cc1ccnc2cccnc12. The fourth-order valence-corrected chi connectivity index (χ4v) is 2.46. The van der Waals surface area contributed by atoms with Crippen molar-refractivity contribution in [3.63, 3.8) is 0 Å². The lowest BCUT2D eigenvalue weighted by Gasteiger charge is -1.97. The lowest BCUT2D eigenvalue weighted by atomic mass is 10.1. The molecule has 3 nitrogen and oxygen atoms in total. The summed E-state index contributed by atoms with van der Waals surface area (Å²) >= 11 is 0. The number of pyridine rings is 3. The maximum absolute atomic E-state index is 4.22. The number of hydrogen-bond acceptors (Lipinski definition) is 3. The van der Waals surface area contributed by atoms with E-state index >= 15 is 0 Å². The molecule has 25 heavy (non-hydrogen) atoms. The zero-order chi connectivity index (χ0) is 18.2. The van der Waals surface area contributed by atoms with Crippen LogP contribution < -0.4 is 10.4 Å². The summed E-state index contributed by atoms with van der Waals surface area (Å²) in [6, 6.07) is 7.88. The first kappa shape index (κ1) is 18.5. The van der Waals surface area contributed by atoms with Crippen LogP contribution in [0.1, 0.15) is 26.3 Å². The topological polar surface area (TPSA) is 38.7 Å². The molecule has 0 aromatic carbocycles. The minimum atomic E-state index is 0.550. The highest BCUT2D eigenvalue weighted by atomic mass is 14.7. The first-order chi connectivity index (χ1) is 12.0. The summed E-state index contributed by atoms with van der Waals surface area (Å²) in [6.45, 7) is 12.2. The lowest BCUT2D eigenvalue weighted by Crippen LogP contribution is -2.27. The molecule has 0 aliphatic carbocycles. The summed E-state index contributed by atoms with van der Waals surface area (Å²) < 4.78 is 0. The molecule has 0 amide bonds. The molecule has 3 aromatic heterocycles. The second-order valence-corrected chi connectivity index (χ2v) is 6.26. The quantitative estimate of drug-likeness (QED) is 0.717. The Balaban J connectivity index is 0.000000185. The predicted octanol–water partition coefficient (Wildman–Crippen LogP) is 3.81. The van der Waals surface area contributed by atoms with Crippen LogP contribution in [-0.2, 0) is 0 Å². The number of hydrogen-bond donors (Lipinski definition) is 0. The van der Waals surface area contributed by atoms with Crippen LogP contribution in [0.5, 0.6) is 0 Å². The molecule has 0 saturated carbocycles. The second kappa shape index (κ2) is 8.88. The van der Waals surface area contributed by atoms with Crippen LogP contribution in [0, 0.1) is 12.8 Å². The molecule has 3 rings (SSSR count). The van der Waals surface area contributed by atoms with Gasteiger partial charge >= 0.3 is 0 Å². The first-order valence-corrected chi connectivity index (χ1v) is 8.44. The van der Waals surface area contributed by atoms with Crippen molar-refractivity contribution < 1.29 is 0 Å². The van der Waals surface area contributed by atoms with Crippen molar-refractivity contribution >= 4 is 22.7 Å². The fourth-order valence-electron chi connectivity index (χ4n) is 2.46. The Morgan fingerprint density at radius 1 is 1.08 bits per heavy atom. The van der Waals surface area contributed by atoms with Crippen LogP contribution in [0.25, 0.3) is 22.7 Å². The smallest absolute Gasteiger partial charge is 0.0915 e. The molecule has 3 heterocycles. The molecule has 0 radical (unpaired) electrons. The van der Waals surface area contributed by atoms with E-state index in [0.29, 0.717) is 5.92 Å². The van der Waals surface area contributed by atoms with Crippen LogP contribution in [0.4, 0.5) is 0 Å². The van der Waals surface area contributed by atoms with Gasteiger partial charge in [0.1, 0.15) is 0 Å². The average Bonchev–Trinajstić information content (AvgIpc) is 2.62. The Morgan fingerprint density at radius 2 is 1.88 bits per heavy atom. The number of aromatic nitrogens is 3. The third-order valence-electron chi connectivity index (χ3n) is 3.80. The van der Waals surface area contributed by atoms with Crippen LogP contribution >= 0.6 is 0 Å². The van der Waals surface area contributed by atoms with Gasteiger partial charge in [-0.05, 0) is 60.4 Å². The van der Waals surface area contributed by atoms with Crippen molar-refractivity contribution in [3.8, 4) is 0 Å². The standard InChI is InChI=1S/C13H17N.C9H8N2/c1-5-11(4)13-9-14-7-6-12(13)8-10(2)3;1-7-4-6-10-8-3-2-5-11-9(7)8/h5-10H,1H2,2-4H3;2-6H,1H3/b12-8-,13-11-;. The molecule has 3 heteroatoms. The summed E-state index contributed by atoms with van der Waals surface area (Å²) in [5.74, 6) is 0.550. The van der Waals surface area contributed by atoms with Gasteiger partial charge in [-0.3, -0.25) is 15.0 Å². The van der Waals surface area contributed by atoms with Crippen molar-refractivity contribution in [1.82, 2.24) is 15.0 Å². The van der Waals surface area contributed by atoms with E-state index in [-0.39, 0.29) is 0 Å². The van der Waals surface area contributed by atoms with Gasteiger partial charge in [0.05, 0.1) is 11.0 Å². The van der Waals surface area contributed by atoms with E-state index in [0.717, 1.165) is 11.0 Å². The van der Waals surface area contributed by atoms with Crippen molar-refractivity contribution in [2.24, 2.45) is 5.92 Å². The van der Waals surface area contributed by atoms with Gasteiger partial charge in [0, 0.05) is 30.0 Å². The molecule has 0 unspecified atom stereocenters. The highest BCUT2D eigenvalue weighted by Crippen LogP contribution is 2.10. The Morgan fingerprint density at radius 3 is 2.56 bits per heavy atom. The molecular weight excluding hydrogens is 306 g/mol. The van der Waals surface area contributed by atoms with Gasteiger partial charge in [0.2, 0.25) is 0 Å². The van der Waals surface area contributed by atoms with Crippen molar-refractivity contribution in [2.75, 3.05) is 0 Å². The van der Waals surface area contributed by atoms with Crippen molar-refractivity contribution in [1.29, 1.82) is 0 Å². The molecule has 0 aliphatic heterocycles. The summed E-state index contributed by atoms with van der Waals surface area (Å²) in [5.41, 5.74) is 4.31. The van der Waals surface area contributed by atoms with E-state index in [9.17, 15) is 0 Å². The van der Waals surface area contributed by atoms with Gasteiger partial charge in [-0.25, -0.2) is 0 Å². The largest absolute Gasteiger partial charge is 0.264 e. The highest BCUT2D eigenvalue weighted by Gasteiger charge is 1.95. The van der Waals surface area contributed by atoms with E-state index in [1.165, 1.54) is 21.6 Å². The number of nitrogens with zero attached hydrogens (tertiary/aromatic N) is 3. The van der Waals surface area contributed by atoms with E-state index in [1.807, 2.05) is 49.7 Å². The van der Waals surface area contributed by atoms with Gasteiger partial charge in [-0.1, -0.05) is 32.6 Å². The molecule has 0 saturated heterocycles. The Hall–Kier alpha value is -2.81. The molecule has 0 atom stereocenters. The molecule has 0 bridgehead atoms. The van der Waals surface area contributed by atoms with E-state index < -0.39 is 0 Å². The Bertz CT molecular complexity index is 966. The monoisotopic (exact) mass is 331 g/mol. The number of fused-ring (bicyclic) bond motifs is 1. The maximum Gasteiger partial charge on any atom is 0.0915 e. The summed E-state index contributed by atoms with van der Waals surface area (Å²) in [4.78, 5) is 12.5. The molecule has 0 N–H and O–H groups in total. The zero-order valence-corrected chi connectivity index (χ0v) is 15.4. The number of rotatable bonds is 2. The molecular formula is C22H25N3. The summed E-state index contributed by atoms with van der Waals surface area (Å²) in [7, 11) is 0. The highest BCUT2D eigenvalue weighted by molar-refractivity contribution is 5.76. The molecule has 3 aromatic rings. The fraction of sp³-hybridized carbons (Fsp3) is 0.227. The lowest BCUT2D eigenvalue weighted by molar-refractivity contribution is 0.879. The Labute approximate surface area is 149 Å². The van der Waals surface area contributed by atoms with Crippen molar-refractivity contribution in [3.05, 3.63) is 77.7 Å². The minimum Gasteiger partial charge on any atom is -0.264 e. The summed E-state index contributed by atoms with van der Waals surface area (Å²) in [5, 5.41) is 2.42. The number of allylic oxidation sites excluding steroid dienone is 1. The van der Waals surface area contributed by atoms with Gasteiger partial charge < -0.3 is 0 Å². The van der Waals surface area contributed by atoms with Crippen LogP contribution in [0.2, 0.25) is 0 Å². The first-order valence-electron chi connectivity index (χ1n) is 8.44. The maximum atomic E-state index is 4.22. The number of aryl methyl sites for hydroxylation is 1. The zero-order valence-electron chi connectivity index (χ0n) is 15.4. The minimum absolute atomic E-state index is 0.550. The van der Waals surface area contributed by atoms with Gasteiger partial charge in [0.25, 0.3) is 0 Å². The van der Waals surface area contributed by atoms with Gasteiger partial charge in [-0.15, -0.1) is 0 Å². The van der Waals surface area contributed by atoms with Crippen molar-refractivity contribution in [2.45, 2.75) is 27.7 Å². The van der Waals surface area contributed by atoms with E-state index in [4.69, 9.17) is 0 Å². The van der Waals surface area contributed by atoms with Crippen LogP contribution in [0.3, 0.4) is 0 Å². The molecule has 0 aliphatic rings. The molecule has 0 spiro atoms. The third kappa shape index (κ3) is 5.08. The van der Waals surface area contributed by atoms with Crippen LogP contribution in [-0.4, -0.2) is 15.0 Å². The van der Waals surface area contributed by atoms with Gasteiger partial charge in [-0.2, -0.15) is 0 Å². The predicted molar refractivity (Wildman–Crippen MR) is 106 cm³/mol. The van der Waals surface area contributed by atoms with E-state index in [1.54, 1.807) is 12.4 Å². The second-order valence-electron chi connectivity index (χ2n) is 6.26. The molecule has 128 valence electrons.